The maximum absolute atomic E-state index is 12.6. The van der Waals surface area contributed by atoms with E-state index in [0.717, 1.165) is 30.2 Å². The van der Waals surface area contributed by atoms with Crippen LogP contribution in [-0.2, 0) is 0 Å². The Bertz CT molecular complexity index is 1000. The second-order valence-electron chi connectivity index (χ2n) is 8.05. The minimum atomic E-state index is -0.00538. The van der Waals surface area contributed by atoms with Crippen molar-refractivity contribution in [1.29, 1.82) is 0 Å². The number of halogens is 1. The highest BCUT2D eigenvalue weighted by Gasteiger charge is 2.59. The molecule has 5 atom stereocenters. The summed E-state index contributed by atoms with van der Waals surface area (Å²) in [5.41, 5.74) is 1.79. The van der Waals surface area contributed by atoms with Gasteiger partial charge in [-0.15, -0.1) is 0 Å². The summed E-state index contributed by atoms with van der Waals surface area (Å²) >= 11 is 5.92. The Hall–Kier alpha value is -2.40. The summed E-state index contributed by atoms with van der Waals surface area (Å²) in [7, 11) is 0. The number of aromatic nitrogens is 3. The molecule has 0 spiro atoms. The third-order valence-corrected chi connectivity index (χ3v) is 6.81. The zero-order valence-corrected chi connectivity index (χ0v) is 16.5. The summed E-state index contributed by atoms with van der Waals surface area (Å²) in [5.74, 6) is 1.93. The van der Waals surface area contributed by atoms with Gasteiger partial charge in [0.25, 0.3) is 5.91 Å². The molecule has 2 aliphatic carbocycles. The Morgan fingerprint density at radius 1 is 1.21 bits per heavy atom. The fourth-order valence-electron chi connectivity index (χ4n) is 5.16. The number of benzene rings is 1. The molecule has 2 heterocycles. The van der Waals surface area contributed by atoms with Gasteiger partial charge in [0.05, 0.1) is 24.0 Å². The summed E-state index contributed by atoms with van der Waals surface area (Å²) in [6.45, 7) is 2.16. The van der Waals surface area contributed by atoms with E-state index in [2.05, 4.69) is 27.0 Å². The highest BCUT2D eigenvalue weighted by molar-refractivity contribution is 6.30. The fraction of sp³-hybridized carbons (Fsp3) is 0.409. The molecule has 2 saturated carbocycles. The molecular weight excluding hydrogens is 372 g/mol. The summed E-state index contributed by atoms with van der Waals surface area (Å²) < 4.78 is 2.15. The average molecular weight is 395 g/mol. The minimum Gasteiger partial charge on any atom is -0.349 e. The van der Waals surface area contributed by atoms with Gasteiger partial charge in [0.1, 0.15) is 0 Å². The van der Waals surface area contributed by atoms with E-state index in [1.807, 2.05) is 24.7 Å². The van der Waals surface area contributed by atoms with Gasteiger partial charge in [-0.25, -0.2) is 0 Å². The van der Waals surface area contributed by atoms with Crippen LogP contribution in [0.3, 0.4) is 0 Å². The van der Waals surface area contributed by atoms with Gasteiger partial charge >= 0.3 is 0 Å². The predicted molar refractivity (Wildman–Crippen MR) is 109 cm³/mol. The van der Waals surface area contributed by atoms with Crippen LogP contribution in [0.1, 0.15) is 42.6 Å². The van der Waals surface area contributed by atoms with Crippen LogP contribution in [0.25, 0.3) is 10.9 Å². The maximum Gasteiger partial charge on any atom is 0.251 e. The molecule has 2 aliphatic rings. The number of hydrogen-bond acceptors (Lipinski definition) is 3. The SMILES string of the molecule is CCC(NC(=O)c1ccc(Cl)cc1)C1[C@H]2CC(n3ncc4ccncc43)C[C@@H]12. The number of nitrogens with one attached hydrogen (secondary N) is 1. The molecule has 2 fully saturated rings. The van der Waals surface area contributed by atoms with E-state index in [4.69, 9.17) is 11.6 Å². The zero-order valence-electron chi connectivity index (χ0n) is 15.8. The molecule has 28 heavy (non-hydrogen) atoms. The molecule has 3 aromatic rings. The zero-order chi connectivity index (χ0) is 19.3. The van der Waals surface area contributed by atoms with E-state index in [1.54, 1.807) is 24.3 Å². The molecule has 5 nitrogen and oxygen atoms in total. The molecule has 2 aromatic heterocycles. The number of carbonyl (C=O) groups excluding carboxylic acids is 1. The van der Waals surface area contributed by atoms with Crippen LogP contribution < -0.4 is 5.32 Å². The highest BCUT2D eigenvalue weighted by atomic mass is 35.5. The Morgan fingerprint density at radius 2 is 1.96 bits per heavy atom. The van der Waals surface area contributed by atoms with Gasteiger partial charge in [-0.05, 0) is 67.3 Å². The van der Waals surface area contributed by atoms with E-state index >= 15 is 0 Å². The first-order chi connectivity index (χ1) is 13.7. The molecule has 1 amide bonds. The topological polar surface area (TPSA) is 59.8 Å². The number of pyridine rings is 1. The Balaban J connectivity index is 1.24. The predicted octanol–water partition coefficient (Wildman–Crippen LogP) is 4.49. The molecule has 1 aromatic carbocycles. The minimum absolute atomic E-state index is 0.00538. The van der Waals surface area contributed by atoms with E-state index < -0.39 is 0 Å². The second-order valence-corrected chi connectivity index (χ2v) is 8.49. The van der Waals surface area contributed by atoms with Crippen LogP contribution in [0.4, 0.5) is 0 Å². The standard InChI is InChI=1S/C22H23ClN4O/c1-2-19(26-22(28)13-3-5-15(23)6-4-13)21-17-9-16(10-18(17)21)27-20-12-24-8-7-14(20)11-25-27/h3-8,11-12,16-19,21H,2,9-10H2,1H3,(H,26,28)/t16?,17-,18+,19?,21?. The highest BCUT2D eigenvalue weighted by Crippen LogP contribution is 2.62. The lowest BCUT2D eigenvalue weighted by Crippen LogP contribution is -2.37. The van der Waals surface area contributed by atoms with Crippen LogP contribution in [0.15, 0.2) is 48.9 Å². The molecule has 0 aliphatic heterocycles. The molecule has 3 unspecified atom stereocenters. The second kappa shape index (κ2) is 6.89. The van der Waals surface area contributed by atoms with Crippen molar-refractivity contribution >= 4 is 28.4 Å². The van der Waals surface area contributed by atoms with Crippen LogP contribution >= 0.6 is 11.6 Å². The lowest BCUT2D eigenvalue weighted by atomic mass is 9.99. The van der Waals surface area contributed by atoms with Gasteiger partial charge < -0.3 is 5.32 Å². The van der Waals surface area contributed by atoms with Crippen molar-refractivity contribution < 1.29 is 4.79 Å². The first-order valence-corrected chi connectivity index (χ1v) is 10.4. The summed E-state index contributed by atoms with van der Waals surface area (Å²) in [4.78, 5) is 16.9. The van der Waals surface area contributed by atoms with Crippen LogP contribution in [0, 0.1) is 17.8 Å². The Labute approximate surface area is 169 Å². The number of hydrogen-bond donors (Lipinski definition) is 1. The number of nitrogens with zero attached hydrogens (tertiary/aromatic N) is 3. The van der Waals surface area contributed by atoms with Crippen LogP contribution in [0.5, 0.6) is 0 Å². The van der Waals surface area contributed by atoms with Crippen molar-refractivity contribution in [3.8, 4) is 0 Å². The Kier molecular flexibility index (Phi) is 4.35. The van der Waals surface area contributed by atoms with E-state index in [-0.39, 0.29) is 11.9 Å². The lowest BCUT2D eigenvalue weighted by Gasteiger charge is -2.22. The molecule has 0 radical (unpaired) electrons. The van der Waals surface area contributed by atoms with Gasteiger partial charge in [0.2, 0.25) is 0 Å². The summed E-state index contributed by atoms with van der Waals surface area (Å²) in [5, 5.41) is 9.66. The van der Waals surface area contributed by atoms with E-state index in [1.165, 1.54) is 0 Å². The molecule has 0 bridgehead atoms. The first kappa shape index (κ1) is 17.7. The quantitative estimate of drug-likeness (QED) is 0.693. The van der Waals surface area contributed by atoms with Crippen molar-refractivity contribution in [3.63, 3.8) is 0 Å². The van der Waals surface area contributed by atoms with Gasteiger partial charge in [-0.1, -0.05) is 18.5 Å². The third-order valence-electron chi connectivity index (χ3n) is 6.56. The Morgan fingerprint density at radius 3 is 2.68 bits per heavy atom. The van der Waals surface area contributed by atoms with Crippen LogP contribution in [-0.4, -0.2) is 26.7 Å². The van der Waals surface area contributed by atoms with Crippen molar-refractivity contribution in [2.75, 3.05) is 0 Å². The third kappa shape index (κ3) is 2.98. The van der Waals surface area contributed by atoms with Crippen LogP contribution in [0.2, 0.25) is 5.02 Å². The normalized spacial score (nSPS) is 26.8. The summed E-state index contributed by atoms with van der Waals surface area (Å²) in [6.07, 6.45) is 8.87. The maximum atomic E-state index is 12.6. The van der Waals surface area contributed by atoms with Crippen molar-refractivity contribution in [3.05, 3.63) is 59.5 Å². The fourth-order valence-corrected chi connectivity index (χ4v) is 5.28. The summed E-state index contributed by atoms with van der Waals surface area (Å²) in [6, 6.07) is 9.77. The molecule has 5 rings (SSSR count). The van der Waals surface area contributed by atoms with Crippen molar-refractivity contribution in [2.45, 2.75) is 38.3 Å². The van der Waals surface area contributed by atoms with Crippen molar-refractivity contribution in [2.24, 2.45) is 17.8 Å². The van der Waals surface area contributed by atoms with Gasteiger partial charge in [0, 0.05) is 28.2 Å². The molecule has 144 valence electrons. The van der Waals surface area contributed by atoms with E-state index in [0.29, 0.717) is 34.4 Å². The lowest BCUT2D eigenvalue weighted by molar-refractivity contribution is 0.0927. The van der Waals surface area contributed by atoms with Gasteiger partial charge in [-0.3, -0.25) is 14.5 Å². The molecule has 0 saturated heterocycles. The average Bonchev–Trinajstić information content (AvgIpc) is 3.07. The van der Waals surface area contributed by atoms with E-state index in [9.17, 15) is 4.79 Å². The largest absolute Gasteiger partial charge is 0.349 e. The monoisotopic (exact) mass is 394 g/mol. The molecular formula is C22H23ClN4O. The number of carbonyl (C=O) groups is 1. The number of amides is 1. The smallest absolute Gasteiger partial charge is 0.251 e. The van der Waals surface area contributed by atoms with Gasteiger partial charge in [0.15, 0.2) is 0 Å². The number of fused-ring (bicyclic) bond motifs is 2. The molecule has 1 N–H and O–H groups in total. The number of rotatable bonds is 5. The first-order valence-electron chi connectivity index (χ1n) is 9.99. The molecule has 6 heteroatoms. The van der Waals surface area contributed by atoms with Gasteiger partial charge in [-0.2, -0.15) is 5.10 Å². The van der Waals surface area contributed by atoms with Crippen molar-refractivity contribution in [1.82, 2.24) is 20.1 Å².